The Balaban J connectivity index is 1.04. The van der Waals surface area contributed by atoms with E-state index >= 15 is 0 Å². The van der Waals surface area contributed by atoms with Gasteiger partial charge in [0.25, 0.3) is 0 Å². The van der Waals surface area contributed by atoms with Gasteiger partial charge in [0, 0.05) is 42.5 Å². The summed E-state index contributed by atoms with van der Waals surface area (Å²) in [7, 11) is 0. The standard InChI is InChI=1S/C56H35NOS/c1-3-11-36(12-4-1)41-24-29-48-49-30-27-44(35-54(49)59-53(48)34-41)57(51-32-31-47(38-13-5-2-6-14-38)56-55(51)50-17-9-10-18-52(50)58-56)43-25-21-37(22-26-43)40-23-28-46-42(33-40)20-19-39-15-7-8-16-45(39)46/h1-35H. The molecule has 0 aliphatic rings. The number of rotatable bonds is 6. The minimum Gasteiger partial charge on any atom is -0.455 e. The number of furan rings is 1. The van der Waals surface area contributed by atoms with Crippen molar-refractivity contribution in [2.45, 2.75) is 0 Å². The highest BCUT2D eigenvalue weighted by atomic mass is 32.1. The Morgan fingerprint density at radius 1 is 0.356 bits per heavy atom. The molecular formula is C56H35NOS. The molecule has 0 saturated heterocycles. The van der Waals surface area contributed by atoms with Crippen LogP contribution in [0.2, 0.25) is 0 Å². The van der Waals surface area contributed by atoms with E-state index in [2.05, 4.69) is 217 Å². The molecule has 2 aromatic heterocycles. The van der Waals surface area contributed by atoms with Crippen molar-refractivity contribution in [1.29, 1.82) is 0 Å². The van der Waals surface area contributed by atoms with Crippen LogP contribution >= 0.6 is 11.3 Å². The van der Waals surface area contributed by atoms with E-state index < -0.39 is 0 Å². The quantitative estimate of drug-likeness (QED) is 0.157. The third-order valence-electron chi connectivity index (χ3n) is 11.9. The van der Waals surface area contributed by atoms with E-state index in [0.717, 1.165) is 50.1 Å². The van der Waals surface area contributed by atoms with Gasteiger partial charge in [0.1, 0.15) is 11.2 Å². The van der Waals surface area contributed by atoms with Crippen LogP contribution in [0.4, 0.5) is 17.1 Å². The van der Waals surface area contributed by atoms with Crippen molar-refractivity contribution < 1.29 is 4.42 Å². The van der Waals surface area contributed by atoms with Gasteiger partial charge in [-0.15, -0.1) is 11.3 Å². The van der Waals surface area contributed by atoms with E-state index in [1.54, 1.807) is 0 Å². The highest BCUT2D eigenvalue weighted by Gasteiger charge is 2.23. The summed E-state index contributed by atoms with van der Waals surface area (Å²) in [5, 5.41) is 9.81. The van der Waals surface area contributed by atoms with Gasteiger partial charge in [-0.1, -0.05) is 158 Å². The molecule has 0 spiro atoms. The van der Waals surface area contributed by atoms with Crippen LogP contribution in [0.15, 0.2) is 217 Å². The van der Waals surface area contributed by atoms with E-state index in [1.807, 2.05) is 11.3 Å². The summed E-state index contributed by atoms with van der Waals surface area (Å²) in [6.45, 7) is 0. The molecule has 276 valence electrons. The molecule has 59 heavy (non-hydrogen) atoms. The van der Waals surface area contributed by atoms with Crippen molar-refractivity contribution in [3.05, 3.63) is 212 Å². The lowest BCUT2D eigenvalue weighted by molar-refractivity contribution is 0.670. The number of nitrogens with zero attached hydrogens (tertiary/aromatic N) is 1. The lowest BCUT2D eigenvalue weighted by Gasteiger charge is -2.27. The average molecular weight is 770 g/mol. The fourth-order valence-corrected chi connectivity index (χ4v) is 10.2. The van der Waals surface area contributed by atoms with Gasteiger partial charge in [-0.25, -0.2) is 0 Å². The molecule has 0 amide bonds. The first-order chi connectivity index (χ1) is 29.2. The van der Waals surface area contributed by atoms with Crippen LogP contribution in [-0.2, 0) is 0 Å². The van der Waals surface area contributed by atoms with Gasteiger partial charge < -0.3 is 9.32 Å². The zero-order valence-electron chi connectivity index (χ0n) is 32.0. The lowest BCUT2D eigenvalue weighted by Crippen LogP contribution is -2.10. The monoisotopic (exact) mass is 769 g/mol. The largest absolute Gasteiger partial charge is 0.455 e. The molecule has 12 rings (SSSR count). The molecule has 2 nitrogen and oxygen atoms in total. The second-order valence-corrected chi connectivity index (χ2v) is 16.3. The number of benzene rings is 10. The molecule has 2 heterocycles. The minimum atomic E-state index is 0.876. The number of anilines is 3. The van der Waals surface area contributed by atoms with Crippen molar-refractivity contribution >= 4 is 92.1 Å². The molecule has 0 unspecified atom stereocenters. The Kier molecular flexibility index (Phi) is 7.75. The Labute approximate surface area is 345 Å². The zero-order valence-corrected chi connectivity index (χ0v) is 32.8. The molecule has 0 aliphatic heterocycles. The molecule has 0 radical (unpaired) electrons. The minimum absolute atomic E-state index is 0.876. The van der Waals surface area contributed by atoms with Gasteiger partial charge >= 0.3 is 0 Å². The number of para-hydroxylation sites is 1. The summed E-state index contributed by atoms with van der Waals surface area (Å²) >= 11 is 1.86. The number of thiophene rings is 1. The van der Waals surface area contributed by atoms with Gasteiger partial charge in [0.2, 0.25) is 0 Å². The van der Waals surface area contributed by atoms with Crippen molar-refractivity contribution in [2.75, 3.05) is 4.90 Å². The second-order valence-electron chi connectivity index (χ2n) is 15.3. The first-order valence-corrected chi connectivity index (χ1v) is 20.9. The van der Waals surface area contributed by atoms with Crippen LogP contribution in [0.1, 0.15) is 0 Å². The molecular weight excluding hydrogens is 735 g/mol. The number of hydrogen-bond donors (Lipinski definition) is 0. The second kappa shape index (κ2) is 13.6. The molecule has 12 aromatic rings. The predicted octanol–water partition coefficient (Wildman–Crippen LogP) is 16.7. The van der Waals surface area contributed by atoms with E-state index in [0.29, 0.717) is 0 Å². The van der Waals surface area contributed by atoms with E-state index in [-0.39, 0.29) is 0 Å². The van der Waals surface area contributed by atoms with Crippen LogP contribution in [0, 0.1) is 0 Å². The van der Waals surface area contributed by atoms with Gasteiger partial charge in [-0.3, -0.25) is 0 Å². The maximum absolute atomic E-state index is 6.77. The Bertz CT molecular complexity index is 3550. The molecule has 10 aromatic carbocycles. The van der Waals surface area contributed by atoms with E-state index in [9.17, 15) is 0 Å². The van der Waals surface area contributed by atoms with E-state index in [1.165, 1.54) is 64.0 Å². The van der Waals surface area contributed by atoms with Crippen LogP contribution in [0.25, 0.3) is 97.0 Å². The predicted molar refractivity (Wildman–Crippen MR) is 253 cm³/mol. The third-order valence-corrected chi connectivity index (χ3v) is 13.0. The van der Waals surface area contributed by atoms with Crippen LogP contribution in [-0.4, -0.2) is 0 Å². The fourth-order valence-electron chi connectivity index (χ4n) is 8.98. The van der Waals surface area contributed by atoms with Gasteiger partial charge in [-0.05, 0) is 104 Å². The number of hydrogen-bond acceptors (Lipinski definition) is 3. The van der Waals surface area contributed by atoms with E-state index in [4.69, 9.17) is 4.42 Å². The molecule has 0 atom stereocenters. The van der Waals surface area contributed by atoms with Crippen LogP contribution in [0.5, 0.6) is 0 Å². The fraction of sp³-hybridized carbons (Fsp3) is 0. The Morgan fingerprint density at radius 3 is 1.75 bits per heavy atom. The van der Waals surface area contributed by atoms with Crippen molar-refractivity contribution in [2.24, 2.45) is 0 Å². The lowest BCUT2D eigenvalue weighted by atomic mass is 9.97. The molecule has 0 saturated carbocycles. The topological polar surface area (TPSA) is 16.4 Å². The Morgan fingerprint density at radius 2 is 0.932 bits per heavy atom. The van der Waals surface area contributed by atoms with Gasteiger partial charge in [0.15, 0.2) is 0 Å². The molecule has 0 fully saturated rings. The highest BCUT2D eigenvalue weighted by molar-refractivity contribution is 7.25. The molecule has 0 aliphatic carbocycles. The smallest absolute Gasteiger partial charge is 0.145 e. The van der Waals surface area contributed by atoms with Gasteiger partial charge in [-0.2, -0.15) is 0 Å². The SMILES string of the molecule is c1ccc(-c2ccc3c(c2)sc2cc(N(c4ccc(-c5ccc6c(ccc7ccccc76)c5)cc4)c4ccc(-c5ccccc5)c5oc6ccccc6c45)ccc23)cc1. The summed E-state index contributed by atoms with van der Waals surface area (Å²) < 4.78 is 9.31. The summed E-state index contributed by atoms with van der Waals surface area (Å²) in [5.41, 5.74) is 12.0. The maximum Gasteiger partial charge on any atom is 0.145 e. The third kappa shape index (κ3) is 5.62. The Hall–Kier alpha value is -7.46. The van der Waals surface area contributed by atoms with Crippen LogP contribution in [0.3, 0.4) is 0 Å². The molecule has 3 heteroatoms. The maximum atomic E-state index is 6.77. The first-order valence-electron chi connectivity index (χ1n) is 20.1. The summed E-state index contributed by atoms with van der Waals surface area (Å²) in [4.78, 5) is 2.41. The van der Waals surface area contributed by atoms with Crippen molar-refractivity contribution in [3.8, 4) is 33.4 Å². The first kappa shape index (κ1) is 33.7. The number of fused-ring (bicyclic) bond motifs is 9. The zero-order chi connectivity index (χ0) is 38.9. The average Bonchev–Trinajstić information content (AvgIpc) is 3.88. The highest BCUT2D eigenvalue weighted by Crippen LogP contribution is 2.48. The van der Waals surface area contributed by atoms with Crippen molar-refractivity contribution in [3.63, 3.8) is 0 Å². The van der Waals surface area contributed by atoms with Gasteiger partial charge in [0.05, 0.1) is 11.1 Å². The summed E-state index contributed by atoms with van der Waals surface area (Å²) in [5.74, 6) is 0. The van der Waals surface area contributed by atoms with Crippen LogP contribution < -0.4 is 4.90 Å². The normalized spacial score (nSPS) is 11.7. The van der Waals surface area contributed by atoms with Crippen molar-refractivity contribution in [1.82, 2.24) is 0 Å². The summed E-state index contributed by atoms with van der Waals surface area (Å²) in [6, 6.07) is 76.9. The summed E-state index contributed by atoms with van der Waals surface area (Å²) in [6.07, 6.45) is 0. The molecule has 0 bridgehead atoms. The molecule has 0 N–H and O–H groups in total.